The lowest BCUT2D eigenvalue weighted by Gasteiger charge is -2.29. The van der Waals surface area contributed by atoms with E-state index in [1.807, 2.05) is 30.5 Å². The van der Waals surface area contributed by atoms with Gasteiger partial charge < -0.3 is 14.6 Å². The summed E-state index contributed by atoms with van der Waals surface area (Å²) in [5.41, 5.74) is 3.33. The molecule has 6 nitrogen and oxygen atoms in total. The van der Waals surface area contributed by atoms with E-state index in [0.29, 0.717) is 19.8 Å². The van der Waals surface area contributed by atoms with Gasteiger partial charge in [-0.1, -0.05) is 12.1 Å². The summed E-state index contributed by atoms with van der Waals surface area (Å²) in [6.07, 6.45) is 3.88. The van der Waals surface area contributed by atoms with Crippen molar-refractivity contribution in [3.05, 3.63) is 53.6 Å². The summed E-state index contributed by atoms with van der Waals surface area (Å²) in [5, 5.41) is 10.2. The Morgan fingerprint density at radius 3 is 2.92 bits per heavy atom. The number of fused-ring (bicyclic) bond motifs is 1. The van der Waals surface area contributed by atoms with Gasteiger partial charge in [0.05, 0.1) is 32.1 Å². The molecule has 1 atom stereocenters. The number of methoxy groups -OCH3 is 1. The highest BCUT2D eigenvalue weighted by atomic mass is 16.5. The van der Waals surface area contributed by atoms with Crippen LogP contribution in [-0.2, 0) is 24.3 Å². The quantitative estimate of drug-likeness (QED) is 0.829. The molecule has 3 rings (SSSR count). The van der Waals surface area contributed by atoms with Crippen LogP contribution in [0.5, 0.6) is 5.75 Å². The van der Waals surface area contributed by atoms with Crippen LogP contribution in [0.4, 0.5) is 0 Å². The molecule has 0 fully saturated rings. The Balaban J connectivity index is 1.40. The van der Waals surface area contributed by atoms with Crippen LogP contribution in [-0.4, -0.2) is 52.9 Å². The standard InChI is InChI=1S/C18H23N3O3/c1-23-17-4-2-14(3-5-17)11-24-12-16(22)9-21-7-6-15-8-19-13-20-18(15)10-21/h2-5,8,13,16,22H,6-7,9-12H2,1H3. The molecule has 0 amide bonds. The molecule has 0 aliphatic carbocycles. The van der Waals surface area contributed by atoms with Crippen molar-refractivity contribution >= 4 is 0 Å². The van der Waals surface area contributed by atoms with Crippen molar-refractivity contribution < 1.29 is 14.6 Å². The molecule has 2 heterocycles. The van der Waals surface area contributed by atoms with Crippen molar-refractivity contribution in [2.75, 3.05) is 26.8 Å². The summed E-state index contributed by atoms with van der Waals surface area (Å²) < 4.78 is 10.7. The van der Waals surface area contributed by atoms with Gasteiger partial charge in [-0.05, 0) is 29.7 Å². The van der Waals surface area contributed by atoms with E-state index < -0.39 is 6.10 Å². The number of aliphatic hydroxyl groups excluding tert-OH is 1. The maximum absolute atomic E-state index is 10.2. The van der Waals surface area contributed by atoms with E-state index in [-0.39, 0.29) is 0 Å². The maximum atomic E-state index is 10.2. The molecule has 1 aliphatic rings. The first-order valence-electron chi connectivity index (χ1n) is 8.13. The summed E-state index contributed by atoms with van der Waals surface area (Å²) in [7, 11) is 1.65. The third-order valence-electron chi connectivity index (χ3n) is 4.16. The number of benzene rings is 1. The molecule has 0 radical (unpaired) electrons. The lowest BCUT2D eigenvalue weighted by molar-refractivity contribution is 0.00747. The van der Waals surface area contributed by atoms with Crippen LogP contribution in [0.25, 0.3) is 0 Å². The molecule has 1 unspecified atom stereocenters. The van der Waals surface area contributed by atoms with E-state index in [0.717, 1.165) is 36.5 Å². The van der Waals surface area contributed by atoms with Gasteiger partial charge >= 0.3 is 0 Å². The second-order valence-corrected chi connectivity index (χ2v) is 6.00. The molecule has 0 bridgehead atoms. The first-order chi connectivity index (χ1) is 11.7. The number of nitrogens with zero attached hydrogens (tertiary/aromatic N) is 3. The van der Waals surface area contributed by atoms with Crippen LogP contribution in [0.2, 0.25) is 0 Å². The molecule has 1 aliphatic heterocycles. The third kappa shape index (κ3) is 4.50. The average Bonchev–Trinajstić information content (AvgIpc) is 2.62. The van der Waals surface area contributed by atoms with Crippen molar-refractivity contribution in [2.24, 2.45) is 0 Å². The molecule has 0 saturated heterocycles. The van der Waals surface area contributed by atoms with E-state index in [4.69, 9.17) is 9.47 Å². The lowest BCUT2D eigenvalue weighted by atomic mass is 10.1. The van der Waals surface area contributed by atoms with Gasteiger partial charge in [-0.2, -0.15) is 0 Å². The normalized spacial score (nSPS) is 15.8. The van der Waals surface area contributed by atoms with E-state index in [1.165, 1.54) is 5.56 Å². The van der Waals surface area contributed by atoms with E-state index in [1.54, 1.807) is 13.4 Å². The Morgan fingerprint density at radius 2 is 2.12 bits per heavy atom. The fraction of sp³-hybridized carbons (Fsp3) is 0.444. The molecule has 128 valence electrons. The number of hydrogen-bond donors (Lipinski definition) is 1. The molecule has 24 heavy (non-hydrogen) atoms. The first-order valence-corrected chi connectivity index (χ1v) is 8.13. The number of rotatable bonds is 7. The molecule has 1 N–H and O–H groups in total. The first kappa shape index (κ1) is 16.8. The third-order valence-corrected chi connectivity index (χ3v) is 4.16. The average molecular weight is 329 g/mol. The highest BCUT2D eigenvalue weighted by Gasteiger charge is 2.19. The fourth-order valence-corrected chi connectivity index (χ4v) is 2.85. The molecule has 1 aromatic carbocycles. The molecular weight excluding hydrogens is 306 g/mol. The van der Waals surface area contributed by atoms with Gasteiger partial charge in [0.2, 0.25) is 0 Å². The number of hydrogen-bond acceptors (Lipinski definition) is 6. The van der Waals surface area contributed by atoms with Gasteiger partial charge in [0, 0.05) is 25.8 Å². The Hall–Kier alpha value is -2.02. The zero-order valence-corrected chi connectivity index (χ0v) is 13.9. The Kier molecular flexibility index (Phi) is 5.74. The van der Waals surface area contributed by atoms with Crippen LogP contribution >= 0.6 is 0 Å². The number of aliphatic hydroxyl groups is 1. The van der Waals surface area contributed by atoms with Gasteiger partial charge in [-0.15, -0.1) is 0 Å². The molecule has 6 heteroatoms. The van der Waals surface area contributed by atoms with Crippen molar-refractivity contribution in [3.8, 4) is 5.75 Å². The van der Waals surface area contributed by atoms with Crippen LogP contribution in [0.15, 0.2) is 36.8 Å². The van der Waals surface area contributed by atoms with E-state index in [9.17, 15) is 5.11 Å². The highest BCUT2D eigenvalue weighted by molar-refractivity contribution is 5.26. The summed E-state index contributed by atoms with van der Waals surface area (Å²) in [6.45, 7) is 3.06. The monoisotopic (exact) mass is 329 g/mol. The van der Waals surface area contributed by atoms with Crippen molar-refractivity contribution in [2.45, 2.75) is 25.7 Å². The SMILES string of the molecule is COc1ccc(COCC(O)CN2CCc3cncnc3C2)cc1. The van der Waals surface area contributed by atoms with Gasteiger partial charge in [0.15, 0.2) is 0 Å². The molecule has 1 aromatic heterocycles. The molecule has 0 spiro atoms. The summed E-state index contributed by atoms with van der Waals surface area (Å²) in [5.74, 6) is 0.827. The van der Waals surface area contributed by atoms with Crippen molar-refractivity contribution in [1.29, 1.82) is 0 Å². The van der Waals surface area contributed by atoms with Crippen molar-refractivity contribution in [1.82, 2.24) is 14.9 Å². The Labute approximate surface area is 142 Å². The largest absolute Gasteiger partial charge is 0.497 e. The minimum absolute atomic E-state index is 0.319. The predicted molar refractivity (Wildman–Crippen MR) is 89.7 cm³/mol. The minimum atomic E-state index is -0.508. The van der Waals surface area contributed by atoms with Crippen molar-refractivity contribution in [3.63, 3.8) is 0 Å². The number of aromatic nitrogens is 2. The van der Waals surface area contributed by atoms with Crippen LogP contribution < -0.4 is 4.74 Å². The van der Waals surface area contributed by atoms with E-state index in [2.05, 4.69) is 14.9 Å². The lowest BCUT2D eigenvalue weighted by Crippen LogP contribution is -2.38. The van der Waals surface area contributed by atoms with Gasteiger partial charge in [0.25, 0.3) is 0 Å². The smallest absolute Gasteiger partial charge is 0.118 e. The molecule has 2 aromatic rings. The van der Waals surface area contributed by atoms with Crippen LogP contribution in [0.1, 0.15) is 16.8 Å². The number of ether oxygens (including phenoxy) is 2. The maximum Gasteiger partial charge on any atom is 0.118 e. The molecule has 0 saturated carbocycles. The second kappa shape index (κ2) is 8.19. The number of β-amino-alcohol motifs (C(OH)–C–C–N with tert-alkyl or cyclic N) is 1. The van der Waals surface area contributed by atoms with Gasteiger partial charge in [-0.3, -0.25) is 4.90 Å². The second-order valence-electron chi connectivity index (χ2n) is 6.00. The summed E-state index contributed by atoms with van der Waals surface area (Å²) in [4.78, 5) is 10.6. The van der Waals surface area contributed by atoms with Crippen LogP contribution in [0, 0.1) is 0 Å². The Morgan fingerprint density at radius 1 is 1.29 bits per heavy atom. The summed E-state index contributed by atoms with van der Waals surface area (Å²) >= 11 is 0. The summed E-state index contributed by atoms with van der Waals surface area (Å²) in [6, 6.07) is 7.74. The predicted octanol–water partition coefficient (Wildman–Crippen LogP) is 1.42. The zero-order chi connectivity index (χ0) is 16.8. The van der Waals surface area contributed by atoms with Gasteiger partial charge in [-0.25, -0.2) is 9.97 Å². The molecular formula is C18H23N3O3. The van der Waals surface area contributed by atoms with E-state index >= 15 is 0 Å². The zero-order valence-electron chi connectivity index (χ0n) is 13.9. The minimum Gasteiger partial charge on any atom is -0.497 e. The topological polar surface area (TPSA) is 67.7 Å². The van der Waals surface area contributed by atoms with Crippen LogP contribution in [0.3, 0.4) is 0 Å². The van der Waals surface area contributed by atoms with Gasteiger partial charge in [0.1, 0.15) is 12.1 Å². The Bertz CT molecular complexity index is 648. The highest BCUT2D eigenvalue weighted by Crippen LogP contribution is 2.16. The fourth-order valence-electron chi connectivity index (χ4n) is 2.85.